The number of piperidine rings is 1. The van der Waals surface area contributed by atoms with Gasteiger partial charge in [-0.1, -0.05) is 17.7 Å². The van der Waals surface area contributed by atoms with Gasteiger partial charge in [-0.25, -0.2) is 8.42 Å². The fourth-order valence-electron chi connectivity index (χ4n) is 3.46. The van der Waals surface area contributed by atoms with Crippen molar-refractivity contribution in [3.63, 3.8) is 0 Å². The first-order chi connectivity index (χ1) is 13.8. The third-order valence-corrected chi connectivity index (χ3v) is 6.80. The van der Waals surface area contributed by atoms with Crippen molar-refractivity contribution in [3.05, 3.63) is 59.7 Å². The topological polar surface area (TPSA) is 78.5 Å². The van der Waals surface area contributed by atoms with Crippen LogP contribution in [0.1, 0.15) is 35.2 Å². The maximum atomic E-state index is 12.5. The van der Waals surface area contributed by atoms with Crippen molar-refractivity contribution in [2.24, 2.45) is 5.92 Å². The minimum atomic E-state index is -3.65. The fourth-order valence-corrected chi connectivity index (χ4v) is 4.52. The van der Waals surface area contributed by atoms with Crippen LogP contribution in [0.5, 0.6) is 0 Å². The molecule has 1 amide bonds. The zero-order valence-corrected chi connectivity index (χ0v) is 17.8. The Kier molecular flexibility index (Phi) is 6.92. The molecule has 0 unspecified atom stereocenters. The largest absolute Gasteiger partial charge is 0.352 e. The Hall–Kier alpha value is -2.38. The van der Waals surface area contributed by atoms with Crippen molar-refractivity contribution >= 4 is 21.6 Å². The van der Waals surface area contributed by atoms with Gasteiger partial charge in [0, 0.05) is 17.8 Å². The summed E-state index contributed by atoms with van der Waals surface area (Å²) < 4.78 is 27.4. The van der Waals surface area contributed by atoms with Crippen LogP contribution in [0.3, 0.4) is 0 Å². The lowest BCUT2D eigenvalue weighted by atomic mass is 9.94. The summed E-state index contributed by atoms with van der Waals surface area (Å²) >= 11 is 0. The zero-order chi connectivity index (χ0) is 20.9. The van der Waals surface area contributed by atoms with Gasteiger partial charge in [-0.05, 0) is 88.6 Å². The number of anilines is 1. The summed E-state index contributed by atoms with van der Waals surface area (Å²) in [6, 6.07) is 13.2. The first-order valence-corrected chi connectivity index (χ1v) is 11.5. The van der Waals surface area contributed by atoms with Crippen LogP contribution < -0.4 is 10.0 Å². The molecule has 3 rings (SSSR count). The number of hydrogen-bond acceptors (Lipinski definition) is 4. The molecule has 6 nitrogen and oxygen atoms in total. The van der Waals surface area contributed by atoms with E-state index in [0.717, 1.165) is 25.1 Å². The SMILES string of the molecule is Cc1ccc(S(=O)(=O)Nc2ccc(C(=O)NCCC3CCN(C)CC3)cc2)cc1. The van der Waals surface area contributed by atoms with E-state index in [-0.39, 0.29) is 10.8 Å². The Morgan fingerprint density at radius 2 is 1.66 bits per heavy atom. The minimum Gasteiger partial charge on any atom is -0.352 e. The van der Waals surface area contributed by atoms with Crippen LogP contribution in [0.15, 0.2) is 53.4 Å². The number of amides is 1. The number of hydrogen-bond donors (Lipinski definition) is 2. The molecule has 1 saturated heterocycles. The Morgan fingerprint density at radius 1 is 1.03 bits per heavy atom. The minimum absolute atomic E-state index is 0.133. The molecule has 2 N–H and O–H groups in total. The average molecular weight is 416 g/mol. The molecule has 1 aliphatic heterocycles. The number of aryl methyl sites for hydroxylation is 1. The molecule has 29 heavy (non-hydrogen) atoms. The molecule has 2 aromatic carbocycles. The normalized spacial score (nSPS) is 15.8. The molecular weight excluding hydrogens is 386 g/mol. The summed E-state index contributed by atoms with van der Waals surface area (Å²) in [6.45, 7) is 4.81. The van der Waals surface area contributed by atoms with E-state index in [0.29, 0.717) is 23.7 Å². The lowest BCUT2D eigenvalue weighted by molar-refractivity contribution is 0.0949. The zero-order valence-electron chi connectivity index (χ0n) is 17.0. The first kappa shape index (κ1) is 21.3. The van der Waals surface area contributed by atoms with Crippen molar-refractivity contribution < 1.29 is 13.2 Å². The van der Waals surface area contributed by atoms with Crippen LogP contribution in [0.2, 0.25) is 0 Å². The molecule has 0 aromatic heterocycles. The summed E-state index contributed by atoms with van der Waals surface area (Å²) in [5.41, 5.74) is 1.94. The molecule has 1 aliphatic rings. The van der Waals surface area contributed by atoms with Gasteiger partial charge in [0.15, 0.2) is 0 Å². The van der Waals surface area contributed by atoms with Crippen molar-refractivity contribution in [1.29, 1.82) is 0 Å². The molecule has 0 atom stereocenters. The summed E-state index contributed by atoms with van der Waals surface area (Å²) in [5, 5.41) is 2.97. The van der Waals surface area contributed by atoms with Crippen LogP contribution >= 0.6 is 0 Å². The summed E-state index contributed by atoms with van der Waals surface area (Å²) in [5.74, 6) is 0.538. The molecule has 1 heterocycles. The second-order valence-corrected chi connectivity index (χ2v) is 9.47. The van der Waals surface area contributed by atoms with Gasteiger partial charge in [-0.2, -0.15) is 0 Å². The summed E-state index contributed by atoms with van der Waals surface area (Å²) in [7, 11) is -1.51. The van der Waals surface area contributed by atoms with Gasteiger partial charge in [0.1, 0.15) is 0 Å². The van der Waals surface area contributed by atoms with E-state index >= 15 is 0 Å². The molecule has 2 aromatic rings. The number of benzene rings is 2. The standard InChI is InChI=1S/C22H29N3O3S/c1-17-3-9-21(10-4-17)29(27,28)24-20-7-5-19(6-8-20)22(26)23-14-11-18-12-15-25(2)16-13-18/h3-10,18,24H,11-16H2,1-2H3,(H,23,26). The van der Waals surface area contributed by atoms with E-state index in [1.165, 1.54) is 12.8 Å². The van der Waals surface area contributed by atoms with E-state index in [4.69, 9.17) is 0 Å². The highest BCUT2D eigenvalue weighted by molar-refractivity contribution is 7.92. The third-order valence-electron chi connectivity index (χ3n) is 5.41. The number of carbonyl (C=O) groups excluding carboxylic acids is 1. The highest BCUT2D eigenvalue weighted by atomic mass is 32.2. The van der Waals surface area contributed by atoms with Crippen molar-refractivity contribution in [2.45, 2.75) is 31.1 Å². The third kappa shape index (κ3) is 6.05. The van der Waals surface area contributed by atoms with Crippen molar-refractivity contribution in [1.82, 2.24) is 10.2 Å². The van der Waals surface area contributed by atoms with Gasteiger partial charge in [-0.3, -0.25) is 9.52 Å². The molecule has 156 valence electrons. The van der Waals surface area contributed by atoms with Gasteiger partial charge < -0.3 is 10.2 Å². The molecule has 0 saturated carbocycles. The van der Waals surface area contributed by atoms with Gasteiger partial charge in [-0.15, -0.1) is 0 Å². The maximum absolute atomic E-state index is 12.5. The number of carbonyl (C=O) groups is 1. The number of rotatable bonds is 7. The first-order valence-electron chi connectivity index (χ1n) is 10.00. The van der Waals surface area contributed by atoms with Gasteiger partial charge in [0.05, 0.1) is 4.90 Å². The molecule has 0 bridgehead atoms. The van der Waals surface area contributed by atoms with Crippen LogP contribution in [0.4, 0.5) is 5.69 Å². The lowest BCUT2D eigenvalue weighted by Gasteiger charge is -2.28. The van der Waals surface area contributed by atoms with Crippen LogP contribution in [-0.4, -0.2) is 45.9 Å². The highest BCUT2D eigenvalue weighted by Gasteiger charge is 2.17. The fraction of sp³-hybridized carbons (Fsp3) is 0.409. The molecule has 0 spiro atoms. The smallest absolute Gasteiger partial charge is 0.261 e. The van der Waals surface area contributed by atoms with Crippen molar-refractivity contribution in [3.8, 4) is 0 Å². The molecule has 0 radical (unpaired) electrons. The second-order valence-electron chi connectivity index (χ2n) is 7.79. The van der Waals surface area contributed by atoms with Crippen LogP contribution in [0.25, 0.3) is 0 Å². The van der Waals surface area contributed by atoms with Gasteiger partial charge in [0.25, 0.3) is 15.9 Å². The Balaban J connectivity index is 1.51. The monoisotopic (exact) mass is 415 g/mol. The van der Waals surface area contributed by atoms with Gasteiger partial charge in [0.2, 0.25) is 0 Å². The second kappa shape index (κ2) is 9.41. The van der Waals surface area contributed by atoms with Gasteiger partial charge >= 0.3 is 0 Å². The molecule has 1 fully saturated rings. The molecule has 0 aliphatic carbocycles. The Morgan fingerprint density at radius 3 is 2.28 bits per heavy atom. The predicted molar refractivity (Wildman–Crippen MR) is 116 cm³/mol. The summed E-state index contributed by atoms with van der Waals surface area (Å²) in [4.78, 5) is 14.9. The van der Waals surface area contributed by atoms with Crippen molar-refractivity contribution in [2.75, 3.05) is 31.4 Å². The Labute approximate surface area is 173 Å². The maximum Gasteiger partial charge on any atom is 0.261 e. The lowest BCUT2D eigenvalue weighted by Crippen LogP contribution is -2.32. The number of nitrogens with zero attached hydrogens (tertiary/aromatic N) is 1. The quantitative estimate of drug-likeness (QED) is 0.728. The number of nitrogens with one attached hydrogen (secondary N) is 2. The van der Waals surface area contributed by atoms with E-state index in [1.807, 2.05) is 6.92 Å². The Bertz CT molecular complexity index is 917. The summed E-state index contributed by atoms with van der Waals surface area (Å²) in [6.07, 6.45) is 3.36. The average Bonchev–Trinajstić information content (AvgIpc) is 2.70. The van der Waals surface area contributed by atoms with Crippen LogP contribution in [0, 0.1) is 12.8 Å². The number of sulfonamides is 1. The van der Waals surface area contributed by atoms with E-state index in [2.05, 4.69) is 22.0 Å². The highest BCUT2D eigenvalue weighted by Crippen LogP contribution is 2.19. The predicted octanol–water partition coefficient (Wildman–Crippen LogP) is 3.26. The molecule has 7 heteroatoms. The van der Waals surface area contributed by atoms with Crippen LogP contribution in [-0.2, 0) is 10.0 Å². The van der Waals surface area contributed by atoms with E-state index < -0.39 is 10.0 Å². The molecular formula is C22H29N3O3S. The van der Waals surface area contributed by atoms with E-state index in [9.17, 15) is 13.2 Å². The number of likely N-dealkylation sites (tertiary alicyclic amines) is 1. The van der Waals surface area contributed by atoms with E-state index in [1.54, 1.807) is 48.5 Å².